The summed E-state index contributed by atoms with van der Waals surface area (Å²) < 4.78 is 6.83. The highest BCUT2D eigenvalue weighted by Gasteiger charge is 2.06. The number of rotatable bonds is 5. The highest BCUT2D eigenvalue weighted by molar-refractivity contribution is 9.10. The minimum atomic E-state index is 0.101. The number of hydrogen-bond donors (Lipinski definition) is 2. The number of benzene rings is 2. The van der Waals surface area contributed by atoms with E-state index in [4.69, 9.17) is 17.0 Å². The SMILES string of the molecule is Cc1ccc(OC[C@@H](C)NC(=S)Nc2cccc(Br)c2)cc1C. The number of halogens is 1. The molecule has 0 radical (unpaired) electrons. The van der Waals surface area contributed by atoms with Gasteiger partial charge in [-0.25, -0.2) is 0 Å². The summed E-state index contributed by atoms with van der Waals surface area (Å²) >= 11 is 8.77. The smallest absolute Gasteiger partial charge is 0.171 e. The third-order valence-corrected chi connectivity index (χ3v) is 4.15. The van der Waals surface area contributed by atoms with Crippen LogP contribution in [0, 0.1) is 13.8 Å². The minimum absolute atomic E-state index is 0.101. The van der Waals surface area contributed by atoms with Crippen molar-refractivity contribution in [3.05, 3.63) is 58.1 Å². The summed E-state index contributed by atoms with van der Waals surface area (Å²) in [5.41, 5.74) is 3.44. The van der Waals surface area contributed by atoms with Gasteiger partial charge in [-0.2, -0.15) is 0 Å². The highest BCUT2D eigenvalue weighted by atomic mass is 79.9. The van der Waals surface area contributed by atoms with Crippen molar-refractivity contribution in [2.45, 2.75) is 26.8 Å². The Balaban J connectivity index is 1.80. The van der Waals surface area contributed by atoms with Crippen LogP contribution in [0.2, 0.25) is 0 Å². The fourth-order valence-electron chi connectivity index (χ4n) is 2.02. The molecule has 0 aliphatic rings. The fourth-order valence-corrected chi connectivity index (χ4v) is 2.74. The predicted molar refractivity (Wildman–Crippen MR) is 104 cm³/mol. The summed E-state index contributed by atoms with van der Waals surface area (Å²) in [5, 5.41) is 6.97. The first-order valence-corrected chi connectivity index (χ1v) is 8.67. The first-order valence-electron chi connectivity index (χ1n) is 7.47. The quantitative estimate of drug-likeness (QED) is 0.714. The second kappa shape index (κ2) is 8.31. The first-order chi connectivity index (χ1) is 10.9. The molecule has 0 aliphatic carbocycles. The Hall–Kier alpha value is -1.59. The maximum absolute atomic E-state index is 5.82. The van der Waals surface area contributed by atoms with Gasteiger partial charge in [0.05, 0.1) is 6.04 Å². The molecule has 3 nitrogen and oxygen atoms in total. The standard InChI is InChI=1S/C18H21BrN2OS/c1-12-7-8-17(9-13(12)2)22-11-14(3)20-18(23)21-16-6-4-5-15(19)10-16/h4-10,14H,11H2,1-3H3,(H2,20,21,23)/t14-/m1/s1. The molecule has 0 unspecified atom stereocenters. The summed E-state index contributed by atoms with van der Waals surface area (Å²) in [6.45, 7) is 6.76. The van der Waals surface area contributed by atoms with Crippen molar-refractivity contribution in [1.29, 1.82) is 0 Å². The maximum Gasteiger partial charge on any atom is 0.171 e. The van der Waals surface area contributed by atoms with Gasteiger partial charge in [0.2, 0.25) is 0 Å². The van der Waals surface area contributed by atoms with E-state index in [9.17, 15) is 0 Å². The van der Waals surface area contributed by atoms with Gasteiger partial charge in [0.1, 0.15) is 12.4 Å². The molecule has 0 heterocycles. The number of thiocarbonyl (C=S) groups is 1. The van der Waals surface area contributed by atoms with E-state index >= 15 is 0 Å². The zero-order valence-corrected chi connectivity index (χ0v) is 15.9. The molecule has 0 saturated carbocycles. The van der Waals surface area contributed by atoms with E-state index in [1.165, 1.54) is 11.1 Å². The largest absolute Gasteiger partial charge is 0.491 e. The lowest BCUT2D eigenvalue weighted by Gasteiger charge is -2.18. The van der Waals surface area contributed by atoms with Crippen molar-refractivity contribution >= 4 is 38.9 Å². The molecule has 2 N–H and O–H groups in total. The maximum atomic E-state index is 5.82. The molecule has 0 aliphatic heterocycles. The van der Waals surface area contributed by atoms with Crippen LogP contribution in [0.3, 0.4) is 0 Å². The third kappa shape index (κ3) is 5.84. The summed E-state index contributed by atoms with van der Waals surface area (Å²) in [6.07, 6.45) is 0. The van der Waals surface area contributed by atoms with E-state index in [1.54, 1.807) is 0 Å². The molecular weight excluding hydrogens is 372 g/mol. The van der Waals surface area contributed by atoms with E-state index in [0.717, 1.165) is 15.9 Å². The van der Waals surface area contributed by atoms with E-state index in [2.05, 4.69) is 52.5 Å². The van der Waals surface area contributed by atoms with Crippen LogP contribution in [-0.2, 0) is 0 Å². The van der Waals surface area contributed by atoms with Gasteiger partial charge in [-0.3, -0.25) is 0 Å². The second-order valence-corrected chi connectivity index (χ2v) is 6.89. The average Bonchev–Trinajstić information content (AvgIpc) is 2.48. The lowest BCUT2D eigenvalue weighted by atomic mass is 10.1. The van der Waals surface area contributed by atoms with Crippen molar-refractivity contribution in [1.82, 2.24) is 5.32 Å². The summed E-state index contributed by atoms with van der Waals surface area (Å²) in [6, 6.07) is 14.1. The minimum Gasteiger partial charge on any atom is -0.491 e. The van der Waals surface area contributed by atoms with Gasteiger partial charge in [-0.1, -0.05) is 28.1 Å². The molecule has 0 saturated heterocycles. The Kier molecular flexibility index (Phi) is 6.42. The van der Waals surface area contributed by atoms with Crippen molar-refractivity contribution in [3.63, 3.8) is 0 Å². The molecule has 5 heteroatoms. The molecule has 0 fully saturated rings. The van der Waals surface area contributed by atoms with Gasteiger partial charge in [-0.15, -0.1) is 0 Å². The molecule has 0 bridgehead atoms. The molecule has 122 valence electrons. The Morgan fingerprint density at radius 3 is 2.65 bits per heavy atom. The number of hydrogen-bond acceptors (Lipinski definition) is 2. The van der Waals surface area contributed by atoms with Gasteiger partial charge >= 0.3 is 0 Å². The Morgan fingerprint density at radius 2 is 1.96 bits per heavy atom. The Bertz CT molecular complexity index is 690. The van der Waals surface area contributed by atoms with Crippen molar-refractivity contribution < 1.29 is 4.74 Å². The van der Waals surface area contributed by atoms with Crippen molar-refractivity contribution in [2.24, 2.45) is 0 Å². The van der Waals surface area contributed by atoms with Gasteiger partial charge in [0, 0.05) is 10.2 Å². The van der Waals surface area contributed by atoms with Crippen LogP contribution in [-0.4, -0.2) is 17.8 Å². The first kappa shape index (κ1) is 17.8. The number of ether oxygens (including phenoxy) is 1. The molecule has 2 aromatic carbocycles. The summed E-state index contributed by atoms with van der Waals surface area (Å²) in [5.74, 6) is 0.882. The lowest BCUT2D eigenvalue weighted by molar-refractivity contribution is 0.287. The summed E-state index contributed by atoms with van der Waals surface area (Å²) in [4.78, 5) is 0. The average molecular weight is 393 g/mol. The van der Waals surface area contributed by atoms with Gasteiger partial charge in [0.15, 0.2) is 5.11 Å². The van der Waals surface area contributed by atoms with E-state index in [0.29, 0.717) is 11.7 Å². The number of aryl methyl sites for hydroxylation is 2. The monoisotopic (exact) mass is 392 g/mol. The zero-order chi connectivity index (χ0) is 16.8. The molecule has 2 aromatic rings. The molecule has 0 aromatic heterocycles. The number of anilines is 1. The van der Waals surface area contributed by atoms with Crippen LogP contribution in [0.25, 0.3) is 0 Å². The second-order valence-electron chi connectivity index (χ2n) is 5.57. The van der Waals surface area contributed by atoms with Gasteiger partial charge < -0.3 is 15.4 Å². The normalized spacial score (nSPS) is 11.7. The van der Waals surface area contributed by atoms with Crippen LogP contribution >= 0.6 is 28.1 Å². The predicted octanol–water partition coefficient (Wildman–Crippen LogP) is 4.82. The van der Waals surface area contributed by atoms with Crippen LogP contribution in [0.1, 0.15) is 18.1 Å². The topological polar surface area (TPSA) is 33.3 Å². The van der Waals surface area contributed by atoms with E-state index in [-0.39, 0.29) is 6.04 Å². The molecule has 2 rings (SSSR count). The van der Waals surface area contributed by atoms with Crippen molar-refractivity contribution in [3.8, 4) is 5.75 Å². The van der Waals surface area contributed by atoms with Gasteiger partial charge in [0.25, 0.3) is 0 Å². The molecule has 23 heavy (non-hydrogen) atoms. The van der Waals surface area contributed by atoms with Crippen LogP contribution in [0.15, 0.2) is 46.9 Å². The van der Waals surface area contributed by atoms with Crippen LogP contribution in [0.5, 0.6) is 5.75 Å². The Morgan fingerprint density at radius 1 is 1.17 bits per heavy atom. The summed E-state index contributed by atoms with van der Waals surface area (Å²) in [7, 11) is 0. The lowest BCUT2D eigenvalue weighted by Crippen LogP contribution is -2.39. The number of nitrogens with one attached hydrogen (secondary N) is 2. The van der Waals surface area contributed by atoms with Crippen LogP contribution in [0.4, 0.5) is 5.69 Å². The molecule has 1 atom stereocenters. The molecule has 0 spiro atoms. The third-order valence-electron chi connectivity index (χ3n) is 3.44. The van der Waals surface area contributed by atoms with Gasteiger partial charge in [-0.05, 0) is 74.4 Å². The van der Waals surface area contributed by atoms with E-state index < -0.39 is 0 Å². The Labute approximate surface area is 151 Å². The van der Waals surface area contributed by atoms with Crippen molar-refractivity contribution in [2.75, 3.05) is 11.9 Å². The highest BCUT2D eigenvalue weighted by Crippen LogP contribution is 2.17. The van der Waals surface area contributed by atoms with E-state index in [1.807, 2.05) is 37.3 Å². The molecular formula is C18H21BrN2OS. The fraction of sp³-hybridized carbons (Fsp3) is 0.278. The zero-order valence-electron chi connectivity index (χ0n) is 13.5. The van der Waals surface area contributed by atoms with Crippen LogP contribution < -0.4 is 15.4 Å². The molecule has 0 amide bonds.